The highest BCUT2D eigenvalue weighted by Crippen LogP contribution is 2.29. The van der Waals surface area contributed by atoms with Crippen molar-refractivity contribution >= 4 is 23.2 Å². The molecule has 5 heteroatoms. The number of hydrogen-bond donors (Lipinski definition) is 1. The number of nitrogens with one attached hydrogen (secondary N) is 1. The zero-order valence-electron chi connectivity index (χ0n) is 14.9. The Morgan fingerprint density at radius 1 is 0.963 bits per heavy atom. The number of para-hydroxylation sites is 1. The molecule has 0 aliphatic rings. The van der Waals surface area contributed by atoms with Crippen molar-refractivity contribution in [3.8, 4) is 16.9 Å². The molecule has 3 aromatic rings. The first-order valence-electron chi connectivity index (χ1n) is 8.50. The van der Waals surface area contributed by atoms with Crippen LogP contribution in [0.4, 0.5) is 0 Å². The van der Waals surface area contributed by atoms with Gasteiger partial charge in [-0.15, -0.1) is 0 Å². The molecule has 4 nitrogen and oxygen atoms in total. The Morgan fingerprint density at radius 2 is 1.63 bits per heavy atom. The summed E-state index contributed by atoms with van der Waals surface area (Å²) in [5.41, 5.74) is 6.05. The van der Waals surface area contributed by atoms with Gasteiger partial charge in [0.2, 0.25) is 0 Å². The Kier molecular flexibility index (Phi) is 6.23. The van der Waals surface area contributed by atoms with E-state index < -0.39 is 0 Å². The first-order valence-corrected chi connectivity index (χ1v) is 8.87. The average molecular weight is 379 g/mol. The number of hydrazone groups is 1. The normalized spacial score (nSPS) is 11.1. The fourth-order valence-corrected chi connectivity index (χ4v) is 2.65. The van der Waals surface area contributed by atoms with Gasteiger partial charge < -0.3 is 4.74 Å². The number of halogens is 1. The summed E-state index contributed by atoms with van der Waals surface area (Å²) in [5, 5.41) is 4.76. The van der Waals surface area contributed by atoms with Crippen LogP contribution in [0.1, 0.15) is 12.5 Å². The van der Waals surface area contributed by atoms with Gasteiger partial charge in [0.1, 0.15) is 5.75 Å². The van der Waals surface area contributed by atoms with Gasteiger partial charge in [0.05, 0.1) is 5.71 Å². The van der Waals surface area contributed by atoms with Crippen molar-refractivity contribution in [2.24, 2.45) is 5.10 Å². The summed E-state index contributed by atoms with van der Waals surface area (Å²) >= 11 is 5.87. The van der Waals surface area contributed by atoms with Crippen LogP contribution in [0.25, 0.3) is 11.1 Å². The molecule has 0 aliphatic carbocycles. The first-order chi connectivity index (χ1) is 13.1. The van der Waals surface area contributed by atoms with E-state index in [1.54, 1.807) is 12.1 Å². The molecule has 3 rings (SSSR count). The lowest BCUT2D eigenvalue weighted by Gasteiger charge is -2.11. The highest BCUT2D eigenvalue weighted by Gasteiger charge is 2.08. The number of carbonyl (C=O) groups is 1. The lowest BCUT2D eigenvalue weighted by atomic mass is 10.1. The van der Waals surface area contributed by atoms with E-state index in [-0.39, 0.29) is 12.5 Å². The van der Waals surface area contributed by atoms with Crippen molar-refractivity contribution in [2.45, 2.75) is 6.92 Å². The van der Waals surface area contributed by atoms with E-state index >= 15 is 0 Å². The fraction of sp³-hybridized carbons (Fsp3) is 0.0909. The molecule has 27 heavy (non-hydrogen) atoms. The zero-order chi connectivity index (χ0) is 19.1. The Balaban J connectivity index is 1.61. The summed E-state index contributed by atoms with van der Waals surface area (Å²) < 4.78 is 5.71. The summed E-state index contributed by atoms with van der Waals surface area (Å²) in [6.07, 6.45) is 0. The van der Waals surface area contributed by atoms with E-state index in [2.05, 4.69) is 10.5 Å². The van der Waals surface area contributed by atoms with Gasteiger partial charge in [0.25, 0.3) is 5.91 Å². The standard InChI is InChI=1S/C22H19ClN2O2/c1-16(17-11-13-19(23)14-12-17)24-25-22(26)15-27-21-10-6-5-9-20(21)18-7-3-2-4-8-18/h2-14H,15H2,1H3,(H,25,26)/b24-16+. The SMILES string of the molecule is C/C(=N\NC(=O)COc1ccccc1-c1ccccc1)c1ccc(Cl)cc1. The molecule has 0 unspecified atom stereocenters. The molecule has 0 heterocycles. The van der Waals surface area contributed by atoms with Crippen molar-refractivity contribution in [3.63, 3.8) is 0 Å². The van der Waals surface area contributed by atoms with Gasteiger partial charge in [-0.25, -0.2) is 5.43 Å². The third-order valence-corrected chi connectivity index (χ3v) is 4.19. The Morgan fingerprint density at radius 3 is 2.37 bits per heavy atom. The highest BCUT2D eigenvalue weighted by atomic mass is 35.5. The molecule has 0 radical (unpaired) electrons. The quantitative estimate of drug-likeness (QED) is 0.488. The van der Waals surface area contributed by atoms with Gasteiger partial charge in [-0.3, -0.25) is 4.79 Å². The Labute approximate surface area is 163 Å². The topological polar surface area (TPSA) is 50.7 Å². The Bertz CT molecular complexity index is 938. The lowest BCUT2D eigenvalue weighted by Crippen LogP contribution is -2.25. The van der Waals surface area contributed by atoms with Gasteiger partial charge in [-0.1, -0.05) is 72.3 Å². The molecule has 0 aromatic heterocycles. The monoisotopic (exact) mass is 378 g/mol. The number of hydrogen-bond acceptors (Lipinski definition) is 3. The maximum Gasteiger partial charge on any atom is 0.277 e. The molecule has 0 aliphatic heterocycles. The van der Waals surface area contributed by atoms with Crippen LogP contribution in [0.15, 0.2) is 84.0 Å². The molecule has 0 atom stereocenters. The largest absolute Gasteiger partial charge is 0.483 e. The van der Waals surface area contributed by atoms with E-state index in [1.807, 2.05) is 73.7 Å². The van der Waals surface area contributed by atoms with Gasteiger partial charge >= 0.3 is 0 Å². The second-order valence-corrected chi connectivity index (χ2v) is 6.33. The second kappa shape index (κ2) is 9.01. The smallest absolute Gasteiger partial charge is 0.277 e. The number of rotatable bonds is 6. The van der Waals surface area contributed by atoms with E-state index in [0.717, 1.165) is 16.7 Å². The maximum atomic E-state index is 12.1. The van der Waals surface area contributed by atoms with Crippen molar-refractivity contribution < 1.29 is 9.53 Å². The predicted molar refractivity (Wildman–Crippen MR) is 109 cm³/mol. The Hall–Kier alpha value is -3.11. The van der Waals surface area contributed by atoms with Crippen LogP contribution in [0.2, 0.25) is 5.02 Å². The van der Waals surface area contributed by atoms with Crippen molar-refractivity contribution in [1.29, 1.82) is 0 Å². The van der Waals surface area contributed by atoms with Crippen LogP contribution < -0.4 is 10.2 Å². The van der Waals surface area contributed by atoms with E-state index in [9.17, 15) is 4.79 Å². The first kappa shape index (κ1) is 18.7. The minimum absolute atomic E-state index is 0.124. The molecule has 0 spiro atoms. The van der Waals surface area contributed by atoms with E-state index in [1.165, 1.54) is 0 Å². The van der Waals surface area contributed by atoms with E-state index in [4.69, 9.17) is 16.3 Å². The molecule has 1 amide bonds. The third kappa shape index (κ3) is 5.19. The highest BCUT2D eigenvalue weighted by molar-refractivity contribution is 6.30. The van der Waals surface area contributed by atoms with Crippen LogP contribution in [0, 0.1) is 0 Å². The number of ether oxygens (including phenoxy) is 1. The average Bonchev–Trinajstić information content (AvgIpc) is 2.72. The lowest BCUT2D eigenvalue weighted by molar-refractivity contribution is -0.123. The zero-order valence-corrected chi connectivity index (χ0v) is 15.6. The van der Waals surface area contributed by atoms with Crippen LogP contribution in [-0.4, -0.2) is 18.2 Å². The molecule has 0 saturated carbocycles. The molecule has 1 N–H and O–H groups in total. The van der Waals surface area contributed by atoms with Crippen molar-refractivity contribution in [1.82, 2.24) is 5.43 Å². The van der Waals surface area contributed by atoms with Crippen molar-refractivity contribution in [2.75, 3.05) is 6.61 Å². The summed E-state index contributed by atoms with van der Waals surface area (Å²) in [6.45, 7) is 1.69. The third-order valence-electron chi connectivity index (χ3n) is 3.94. The van der Waals surface area contributed by atoms with Gasteiger partial charge in [0.15, 0.2) is 6.61 Å². The molecular weight excluding hydrogens is 360 g/mol. The van der Waals surface area contributed by atoms with Gasteiger partial charge in [-0.05, 0) is 36.2 Å². The van der Waals surface area contributed by atoms with Crippen LogP contribution >= 0.6 is 11.6 Å². The molecular formula is C22H19ClN2O2. The van der Waals surface area contributed by atoms with Gasteiger partial charge in [-0.2, -0.15) is 5.10 Å². The minimum Gasteiger partial charge on any atom is -0.483 e. The summed E-state index contributed by atoms with van der Waals surface area (Å²) in [6, 6.07) is 24.8. The maximum absolute atomic E-state index is 12.1. The molecule has 0 bridgehead atoms. The minimum atomic E-state index is -0.328. The number of amides is 1. The molecule has 0 saturated heterocycles. The molecule has 3 aromatic carbocycles. The van der Waals surface area contributed by atoms with Gasteiger partial charge in [0, 0.05) is 10.6 Å². The molecule has 0 fully saturated rings. The summed E-state index contributed by atoms with van der Waals surface area (Å²) in [4.78, 5) is 12.1. The number of benzene rings is 3. The number of carbonyl (C=O) groups excluding carboxylic acids is 1. The van der Waals surface area contributed by atoms with Crippen LogP contribution in [0.5, 0.6) is 5.75 Å². The predicted octanol–water partition coefficient (Wildman–Crippen LogP) is 4.93. The fourth-order valence-electron chi connectivity index (χ4n) is 2.53. The summed E-state index contributed by atoms with van der Waals surface area (Å²) in [7, 11) is 0. The molecule has 136 valence electrons. The van der Waals surface area contributed by atoms with Crippen LogP contribution in [-0.2, 0) is 4.79 Å². The summed E-state index contributed by atoms with van der Waals surface area (Å²) in [5.74, 6) is 0.323. The van der Waals surface area contributed by atoms with Crippen molar-refractivity contribution in [3.05, 3.63) is 89.4 Å². The number of nitrogens with zero attached hydrogens (tertiary/aromatic N) is 1. The second-order valence-electron chi connectivity index (χ2n) is 5.89. The van der Waals surface area contributed by atoms with Crippen LogP contribution in [0.3, 0.4) is 0 Å². The van der Waals surface area contributed by atoms with E-state index in [0.29, 0.717) is 16.5 Å².